The van der Waals surface area contributed by atoms with Crippen LogP contribution in [0.15, 0.2) is 18.2 Å². The Morgan fingerprint density at radius 3 is 2.50 bits per heavy atom. The van der Waals surface area contributed by atoms with Gasteiger partial charge in [0.2, 0.25) is 0 Å². The first-order valence-electron chi connectivity index (χ1n) is 9.02. The van der Waals surface area contributed by atoms with E-state index in [1.165, 1.54) is 62.9 Å². The number of hydrogen-bond acceptors (Lipinski definition) is 3. The molecule has 0 saturated carbocycles. The highest BCUT2D eigenvalue weighted by Gasteiger charge is 2.13. The molecule has 3 nitrogen and oxygen atoms in total. The van der Waals surface area contributed by atoms with E-state index < -0.39 is 0 Å². The summed E-state index contributed by atoms with van der Waals surface area (Å²) < 4.78 is 0. The van der Waals surface area contributed by atoms with Crippen molar-refractivity contribution >= 4 is 11.4 Å². The Morgan fingerprint density at radius 1 is 1.09 bits per heavy atom. The molecule has 2 N–H and O–H groups in total. The molecule has 1 aromatic carbocycles. The number of hydrogen-bond donors (Lipinski definition) is 1. The zero-order chi connectivity index (χ0) is 15.8. The van der Waals surface area contributed by atoms with Crippen LogP contribution in [0.4, 0.5) is 11.4 Å². The van der Waals surface area contributed by atoms with Crippen molar-refractivity contribution in [1.29, 1.82) is 0 Å². The highest BCUT2D eigenvalue weighted by Crippen LogP contribution is 2.27. The van der Waals surface area contributed by atoms with Crippen LogP contribution >= 0.6 is 0 Å². The molecule has 1 aliphatic heterocycles. The molecule has 0 bridgehead atoms. The molecule has 22 heavy (non-hydrogen) atoms. The average Bonchev–Trinajstić information content (AvgIpc) is 2.54. The number of aryl methyl sites for hydroxylation is 1. The van der Waals surface area contributed by atoms with Crippen molar-refractivity contribution in [2.45, 2.75) is 51.9 Å². The third-order valence-corrected chi connectivity index (χ3v) is 4.69. The number of benzene rings is 1. The largest absolute Gasteiger partial charge is 0.397 e. The molecule has 0 radical (unpaired) electrons. The molecular formula is C19H33N3. The number of piperidine rings is 1. The van der Waals surface area contributed by atoms with Crippen molar-refractivity contribution in [1.82, 2.24) is 4.90 Å². The molecule has 0 aromatic heterocycles. The van der Waals surface area contributed by atoms with Crippen LogP contribution in [0.5, 0.6) is 0 Å². The lowest BCUT2D eigenvalue weighted by Crippen LogP contribution is -2.30. The number of nitrogens with two attached hydrogens (primary N) is 1. The lowest BCUT2D eigenvalue weighted by Gasteiger charge is -2.30. The molecule has 0 amide bonds. The van der Waals surface area contributed by atoms with Crippen LogP contribution in [-0.2, 0) is 6.42 Å². The molecule has 0 unspecified atom stereocenters. The Bertz CT molecular complexity index is 438. The van der Waals surface area contributed by atoms with Gasteiger partial charge in [-0.1, -0.05) is 19.4 Å². The first-order chi connectivity index (χ1) is 10.7. The molecule has 2 rings (SSSR count). The first kappa shape index (κ1) is 17.1. The summed E-state index contributed by atoms with van der Waals surface area (Å²) in [5.41, 5.74) is 9.87. The fraction of sp³-hybridized carbons (Fsp3) is 0.684. The SMILES string of the molecule is CCCCN(C)CCCc1ccc(N2CCCCC2)c(N)c1. The van der Waals surface area contributed by atoms with Crippen LogP contribution in [0.2, 0.25) is 0 Å². The van der Waals surface area contributed by atoms with Crippen LogP contribution < -0.4 is 10.6 Å². The molecule has 3 heteroatoms. The van der Waals surface area contributed by atoms with Crippen molar-refractivity contribution in [2.75, 3.05) is 43.9 Å². The molecule has 0 aliphatic carbocycles. The van der Waals surface area contributed by atoms with Crippen LogP contribution in [-0.4, -0.2) is 38.1 Å². The second kappa shape index (κ2) is 9.04. The topological polar surface area (TPSA) is 32.5 Å². The molecule has 1 saturated heterocycles. The van der Waals surface area contributed by atoms with Gasteiger partial charge < -0.3 is 15.5 Å². The molecule has 0 spiro atoms. The Hall–Kier alpha value is -1.22. The Morgan fingerprint density at radius 2 is 1.82 bits per heavy atom. The highest BCUT2D eigenvalue weighted by atomic mass is 15.1. The smallest absolute Gasteiger partial charge is 0.0600 e. The highest BCUT2D eigenvalue weighted by molar-refractivity contribution is 5.68. The van der Waals surface area contributed by atoms with Gasteiger partial charge in [0.15, 0.2) is 0 Å². The van der Waals surface area contributed by atoms with Gasteiger partial charge in [-0.15, -0.1) is 0 Å². The summed E-state index contributed by atoms with van der Waals surface area (Å²) in [4.78, 5) is 4.89. The summed E-state index contributed by atoms with van der Waals surface area (Å²) in [6.07, 6.45) is 8.87. The van der Waals surface area contributed by atoms with Crippen molar-refractivity contribution in [2.24, 2.45) is 0 Å². The number of anilines is 2. The van der Waals surface area contributed by atoms with E-state index in [0.29, 0.717) is 0 Å². The molecule has 124 valence electrons. The zero-order valence-corrected chi connectivity index (χ0v) is 14.5. The first-order valence-corrected chi connectivity index (χ1v) is 9.02. The minimum Gasteiger partial charge on any atom is -0.397 e. The normalized spacial score (nSPS) is 15.5. The van der Waals surface area contributed by atoms with Gasteiger partial charge in [0.1, 0.15) is 0 Å². The molecule has 1 fully saturated rings. The van der Waals surface area contributed by atoms with Gasteiger partial charge >= 0.3 is 0 Å². The Balaban J connectivity index is 1.81. The van der Waals surface area contributed by atoms with Crippen molar-refractivity contribution in [3.05, 3.63) is 23.8 Å². The van der Waals surface area contributed by atoms with Crippen LogP contribution in [0.1, 0.15) is 51.0 Å². The van der Waals surface area contributed by atoms with E-state index in [1.54, 1.807) is 0 Å². The van der Waals surface area contributed by atoms with Gasteiger partial charge in [-0.25, -0.2) is 0 Å². The van der Waals surface area contributed by atoms with E-state index >= 15 is 0 Å². The Kier molecular flexibility index (Phi) is 7.04. The predicted octanol–water partition coefficient (Wildman–Crippen LogP) is 3.92. The summed E-state index contributed by atoms with van der Waals surface area (Å²) in [5, 5.41) is 0. The third-order valence-electron chi connectivity index (χ3n) is 4.69. The van der Waals surface area contributed by atoms with E-state index in [-0.39, 0.29) is 0 Å². The average molecular weight is 303 g/mol. The lowest BCUT2D eigenvalue weighted by atomic mass is 10.1. The van der Waals surface area contributed by atoms with E-state index in [0.717, 1.165) is 25.2 Å². The minimum absolute atomic E-state index is 0.957. The fourth-order valence-corrected chi connectivity index (χ4v) is 3.28. The maximum absolute atomic E-state index is 6.30. The lowest BCUT2D eigenvalue weighted by molar-refractivity contribution is 0.324. The summed E-state index contributed by atoms with van der Waals surface area (Å²) in [6, 6.07) is 6.69. The molecule has 1 heterocycles. The monoisotopic (exact) mass is 303 g/mol. The summed E-state index contributed by atoms with van der Waals surface area (Å²) in [6.45, 7) is 6.96. The van der Waals surface area contributed by atoms with Crippen molar-refractivity contribution < 1.29 is 0 Å². The van der Waals surface area contributed by atoms with Crippen molar-refractivity contribution in [3.8, 4) is 0 Å². The van der Waals surface area contributed by atoms with Crippen molar-refractivity contribution in [3.63, 3.8) is 0 Å². The second-order valence-electron chi connectivity index (χ2n) is 6.70. The Labute approximate surface area is 136 Å². The van der Waals surface area contributed by atoms with E-state index in [4.69, 9.17) is 5.73 Å². The van der Waals surface area contributed by atoms with Crippen LogP contribution in [0.3, 0.4) is 0 Å². The van der Waals surface area contributed by atoms with E-state index in [2.05, 4.69) is 42.0 Å². The maximum Gasteiger partial charge on any atom is 0.0600 e. The standard InChI is InChI=1S/C19H33N3/c1-3-4-12-21(2)13-8-9-17-10-11-19(18(20)16-17)22-14-6-5-7-15-22/h10-11,16H,3-9,12-15,20H2,1-2H3. The fourth-order valence-electron chi connectivity index (χ4n) is 3.28. The number of rotatable bonds is 8. The number of nitrogens with zero attached hydrogens (tertiary/aromatic N) is 2. The van der Waals surface area contributed by atoms with Gasteiger partial charge in [-0.3, -0.25) is 0 Å². The van der Waals surface area contributed by atoms with Crippen LogP contribution in [0, 0.1) is 0 Å². The molecule has 0 atom stereocenters. The molecule has 1 aromatic rings. The number of unbranched alkanes of at least 4 members (excludes halogenated alkanes) is 1. The molecule has 1 aliphatic rings. The summed E-state index contributed by atoms with van der Waals surface area (Å²) >= 11 is 0. The van der Waals surface area contributed by atoms with E-state index in [9.17, 15) is 0 Å². The minimum atomic E-state index is 0.957. The molecular weight excluding hydrogens is 270 g/mol. The predicted molar refractivity (Wildman–Crippen MR) is 97.6 cm³/mol. The third kappa shape index (κ3) is 5.20. The zero-order valence-electron chi connectivity index (χ0n) is 14.5. The van der Waals surface area contributed by atoms with Gasteiger partial charge in [0.05, 0.1) is 11.4 Å². The second-order valence-corrected chi connectivity index (χ2v) is 6.70. The van der Waals surface area contributed by atoms with Crippen LogP contribution in [0.25, 0.3) is 0 Å². The quantitative estimate of drug-likeness (QED) is 0.739. The van der Waals surface area contributed by atoms with E-state index in [1.807, 2.05) is 0 Å². The van der Waals surface area contributed by atoms with Gasteiger partial charge in [-0.2, -0.15) is 0 Å². The maximum atomic E-state index is 6.30. The summed E-state index contributed by atoms with van der Waals surface area (Å²) in [7, 11) is 2.23. The van der Waals surface area contributed by atoms with Gasteiger partial charge in [-0.05, 0) is 76.4 Å². The van der Waals surface area contributed by atoms with Gasteiger partial charge in [0.25, 0.3) is 0 Å². The van der Waals surface area contributed by atoms with Gasteiger partial charge in [0, 0.05) is 13.1 Å². The number of nitrogen functional groups attached to an aromatic ring is 1. The summed E-state index contributed by atoms with van der Waals surface area (Å²) in [5.74, 6) is 0.